The smallest absolute Gasteiger partial charge is 0.321 e. The third-order valence-corrected chi connectivity index (χ3v) is 3.24. The Hall–Kier alpha value is -1.80. The largest absolute Gasteiger partial charge is 0.390 e. The number of nitrogens with zero attached hydrogens (tertiary/aromatic N) is 2. The molecule has 0 fully saturated rings. The zero-order valence-electron chi connectivity index (χ0n) is 10.5. The number of carbonyl (C=O) groups excluding carboxylic acids is 2. The van der Waals surface area contributed by atoms with Crippen molar-refractivity contribution in [3.05, 3.63) is 24.5 Å². The van der Waals surface area contributed by atoms with E-state index in [1.165, 1.54) is 24.0 Å². The van der Waals surface area contributed by atoms with E-state index >= 15 is 0 Å². The zero-order valence-corrected chi connectivity index (χ0v) is 11.4. The molecule has 1 heterocycles. The number of thioether (sulfide) groups is 1. The molecule has 0 aliphatic heterocycles. The highest BCUT2D eigenvalue weighted by Crippen LogP contribution is 2.16. The number of imide groups is 1. The van der Waals surface area contributed by atoms with Crippen molar-refractivity contribution in [2.24, 2.45) is 7.05 Å². The van der Waals surface area contributed by atoms with E-state index in [0.29, 0.717) is 17.4 Å². The van der Waals surface area contributed by atoms with Crippen LogP contribution in [0.3, 0.4) is 0 Å². The maximum atomic E-state index is 11.5. The lowest BCUT2D eigenvalue weighted by Gasteiger charge is -2.05. The number of amides is 3. The van der Waals surface area contributed by atoms with E-state index in [2.05, 4.69) is 22.2 Å². The molecule has 1 aromatic heterocycles. The van der Waals surface area contributed by atoms with Crippen LogP contribution in [0.1, 0.15) is 5.69 Å². The summed E-state index contributed by atoms with van der Waals surface area (Å²) in [6.07, 6.45) is 3.06. The Balaban J connectivity index is 2.39. The van der Waals surface area contributed by atoms with Crippen LogP contribution in [-0.2, 0) is 18.4 Å². The molecule has 3 amide bonds. The van der Waals surface area contributed by atoms with Crippen molar-refractivity contribution in [2.75, 3.05) is 12.3 Å². The predicted octanol–water partition coefficient (Wildman–Crippen LogP) is 0.0163. The SMILES string of the molecule is C=CCNC(=O)NC(=O)CSc1ncc(CO)n1C. The fourth-order valence-electron chi connectivity index (χ4n) is 1.21. The first-order valence-corrected chi connectivity index (χ1v) is 6.49. The number of aliphatic hydroxyl groups excluding tert-OH is 1. The first-order valence-electron chi connectivity index (χ1n) is 5.51. The molecule has 1 aromatic rings. The van der Waals surface area contributed by atoms with Crippen molar-refractivity contribution >= 4 is 23.7 Å². The number of nitrogens with one attached hydrogen (secondary N) is 2. The summed E-state index contributed by atoms with van der Waals surface area (Å²) in [4.78, 5) is 26.7. The van der Waals surface area contributed by atoms with Gasteiger partial charge >= 0.3 is 6.03 Å². The maximum Gasteiger partial charge on any atom is 0.321 e. The second-order valence-corrected chi connectivity index (χ2v) is 4.53. The number of urea groups is 1. The first-order chi connectivity index (χ1) is 9.08. The average Bonchev–Trinajstić information content (AvgIpc) is 2.74. The summed E-state index contributed by atoms with van der Waals surface area (Å²) in [5, 5.41) is 14.2. The van der Waals surface area contributed by atoms with Crippen LogP contribution in [0.15, 0.2) is 24.0 Å². The quantitative estimate of drug-likeness (QED) is 0.505. The monoisotopic (exact) mass is 284 g/mol. The van der Waals surface area contributed by atoms with E-state index in [1.807, 2.05) is 0 Å². The Bertz CT molecular complexity index is 473. The Morgan fingerprint density at radius 1 is 1.63 bits per heavy atom. The van der Waals surface area contributed by atoms with Crippen molar-refractivity contribution in [1.82, 2.24) is 20.2 Å². The standard InChI is InChI=1S/C11H16N4O3S/c1-3-4-12-10(18)14-9(17)7-19-11-13-5-8(6-16)15(11)2/h3,5,16H,1,4,6-7H2,2H3,(H2,12,14,17,18). The van der Waals surface area contributed by atoms with Gasteiger partial charge in [0.15, 0.2) is 5.16 Å². The summed E-state index contributed by atoms with van der Waals surface area (Å²) in [6.45, 7) is 3.63. The molecular formula is C11H16N4O3S. The minimum absolute atomic E-state index is 0.0667. The van der Waals surface area contributed by atoms with Crippen LogP contribution >= 0.6 is 11.8 Å². The molecule has 19 heavy (non-hydrogen) atoms. The number of carbonyl (C=O) groups is 2. The first kappa shape index (κ1) is 15.3. The van der Waals surface area contributed by atoms with E-state index < -0.39 is 11.9 Å². The van der Waals surface area contributed by atoms with Crippen LogP contribution in [0.4, 0.5) is 4.79 Å². The molecule has 0 aliphatic carbocycles. The van der Waals surface area contributed by atoms with Gasteiger partial charge in [-0.15, -0.1) is 6.58 Å². The molecule has 0 unspecified atom stereocenters. The highest BCUT2D eigenvalue weighted by Gasteiger charge is 2.11. The highest BCUT2D eigenvalue weighted by molar-refractivity contribution is 7.99. The number of hydrogen-bond donors (Lipinski definition) is 3. The molecule has 8 heteroatoms. The van der Waals surface area contributed by atoms with E-state index in [-0.39, 0.29) is 12.4 Å². The van der Waals surface area contributed by atoms with Crippen LogP contribution in [0.2, 0.25) is 0 Å². The molecule has 3 N–H and O–H groups in total. The Morgan fingerprint density at radius 2 is 2.37 bits per heavy atom. The molecule has 104 valence electrons. The number of aromatic nitrogens is 2. The summed E-state index contributed by atoms with van der Waals surface area (Å²) in [7, 11) is 1.75. The van der Waals surface area contributed by atoms with Gasteiger partial charge in [0.25, 0.3) is 0 Å². The summed E-state index contributed by atoms with van der Waals surface area (Å²) < 4.78 is 1.69. The normalized spacial score (nSPS) is 10.0. The van der Waals surface area contributed by atoms with Gasteiger partial charge in [0.2, 0.25) is 5.91 Å². The lowest BCUT2D eigenvalue weighted by atomic mass is 10.5. The van der Waals surface area contributed by atoms with Gasteiger partial charge in [-0.3, -0.25) is 10.1 Å². The van der Waals surface area contributed by atoms with E-state index in [0.717, 1.165) is 0 Å². The summed E-state index contributed by atoms with van der Waals surface area (Å²) in [6, 6.07) is -0.554. The van der Waals surface area contributed by atoms with E-state index in [1.54, 1.807) is 11.6 Å². The lowest BCUT2D eigenvalue weighted by Crippen LogP contribution is -2.40. The summed E-state index contributed by atoms with van der Waals surface area (Å²) in [5.41, 5.74) is 0.659. The van der Waals surface area contributed by atoms with Gasteiger partial charge in [0.05, 0.1) is 24.3 Å². The molecule has 0 aliphatic rings. The molecular weight excluding hydrogens is 268 g/mol. The fraction of sp³-hybridized carbons (Fsp3) is 0.364. The van der Waals surface area contributed by atoms with E-state index in [9.17, 15) is 9.59 Å². The number of rotatable bonds is 6. The zero-order chi connectivity index (χ0) is 14.3. The van der Waals surface area contributed by atoms with Crippen LogP contribution in [0, 0.1) is 0 Å². The van der Waals surface area contributed by atoms with Crippen molar-refractivity contribution in [3.8, 4) is 0 Å². The second kappa shape index (κ2) is 7.59. The van der Waals surface area contributed by atoms with Crippen molar-refractivity contribution < 1.29 is 14.7 Å². The summed E-state index contributed by atoms with van der Waals surface area (Å²) in [5.74, 6) is -0.350. The van der Waals surface area contributed by atoms with Gasteiger partial charge in [-0.1, -0.05) is 17.8 Å². The number of imidazole rings is 1. The minimum atomic E-state index is -0.554. The molecule has 0 spiro atoms. The Morgan fingerprint density at radius 3 is 2.95 bits per heavy atom. The van der Waals surface area contributed by atoms with Crippen LogP contribution < -0.4 is 10.6 Å². The second-order valence-electron chi connectivity index (χ2n) is 3.58. The topological polar surface area (TPSA) is 96.2 Å². The number of aliphatic hydroxyl groups is 1. The van der Waals surface area contributed by atoms with Gasteiger partial charge < -0.3 is 15.0 Å². The average molecular weight is 284 g/mol. The van der Waals surface area contributed by atoms with Gasteiger partial charge in [0, 0.05) is 13.6 Å². The van der Waals surface area contributed by atoms with Crippen LogP contribution in [0.5, 0.6) is 0 Å². The van der Waals surface area contributed by atoms with Crippen LogP contribution in [-0.4, -0.2) is 38.9 Å². The predicted molar refractivity (Wildman–Crippen MR) is 71.6 cm³/mol. The minimum Gasteiger partial charge on any atom is -0.390 e. The Kier molecular flexibility index (Phi) is 6.10. The van der Waals surface area contributed by atoms with Gasteiger partial charge in [0.1, 0.15) is 0 Å². The fourth-order valence-corrected chi connectivity index (χ4v) is 1.98. The molecule has 0 aromatic carbocycles. The molecule has 0 atom stereocenters. The van der Waals surface area contributed by atoms with Crippen LogP contribution in [0.25, 0.3) is 0 Å². The maximum absolute atomic E-state index is 11.5. The molecule has 0 saturated carbocycles. The number of hydrogen-bond acceptors (Lipinski definition) is 5. The highest BCUT2D eigenvalue weighted by atomic mass is 32.2. The Labute approximate surface area is 115 Å². The third kappa shape index (κ3) is 4.76. The lowest BCUT2D eigenvalue weighted by molar-refractivity contribution is -0.117. The van der Waals surface area contributed by atoms with E-state index in [4.69, 9.17) is 5.11 Å². The molecule has 0 radical (unpaired) electrons. The van der Waals surface area contributed by atoms with Gasteiger partial charge in [-0.05, 0) is 0 Å². The molecule has 0 saturated heterocycles. The van der Waals surface area contributed by atoms with Crippen molar-refractivity contribution in [3.63, 3.8) is 0 Å². The van der Waals surface area contributed by atoms with Crippen molar-refractivity contribution in [2.45, 2.75) is 11.8 Å². The summed E-state index contributed by atoms with van der Waals surface area (Å²) >= 11 is 1.19. The molecule has 0 bridgehead atoms. The van der Waals surface area contributed by atoms with Gasteiger partial charge in [-0.25, -0.2) is 9.78 Å². The molecule has 1 rings (SSSR count). The van der Waals surface area contributed by atoms with Crippen molar-refractivity contribution in [1.29, 1.82) is 0 Å². The van der Waals surface area contributed by atoms with Gasteiger partial charge in [-0.2, -0.15) is 0 Å². The molecule has 7 nitrogen and oxygen atoms in total. The third-order valence-electron chi connectivity index (χ3n) is 2.20.